The van der Waals surface area contributed by atoms with Crippen molar-refractivity contribution in [2.45, 2.75) is 52.3 Å². The lowest BCUT2D eigenvalue weighted by Crippen LogP contribution is -2.54. The SMILES string of the molecule is CC(C)[Si](C)(OC(C)(C)C)c1cc(F)c(F)c(F)c1. The Hall–Kier alpha value is -0.813. The van der Waals surface area contributed by atoms with E-state index in [-0.39, 0.29) is 5.54 Å². The van der Waals surface area contributed by atoms with Crippen molar-refractivity contribution in [2.24, 2.45) is 0 Å². The van der Waals surface area contributed by atoms with Gasteiger partial charge in [0.2, 0.25) is 8.32 Å². The van der Waals surface area contributed by atoms with Gasteiger partial charge in [-0.25, -0.2) is 13.2 Å². The van der Waals surface area contributed by atoms with E-state index in [1.165, 1.54) is 0 Å². The summed E-state index contributed by atoms with van der Waals surface area (Å²) >= 11 is 0. The van der Waals surface area contributed by atoms with Gasteiger partial charge in [0.1, 0.15) is 0 Å². The van der Waals surface area contributed by atoms with Crippen molar-refractivity contribution in [2.75, 3.05) is 0 Å². The van der Waals surface area contributed by atoms with Crippen molar-refractivity contribution in [3.8, 4) is 0 Å². The van der Waals surface area contributed by atoms with Gasteiger partial charge in [0.05, 0.1) is 0 Å². The Labute approximate surface area is 113 Å². The second kappa shape index (κ2) is 5.29. The van der Waals surface area contributed by atoms with E-state index in [4.69, 9.17) is 4.43 Å². The van der Waals surface area contributed by atoms with Crippen molar-refractivity contribution in [1.29, 1.82) is 0 Å². The van der Waals surface area contributed by atoms with Gasteiger partial charge >= 0.3 is 0 Å². The summed E-state index contributed by atoms with van der Waals surface area (Å²) in [5, 5.41) is 0.439. The van der Waals surface area contributed by atoms with Gasteiger partial charge in [0, 0.05) is 5.60 Å². The lowest BCUT2D eigenvalue weighted by molar-refractivity contribution is 0.120. The maximum atomic E-state index is 13.4. The van der Waals surface area contributed by atoms with Crippen LogP contribution in [0, 0.1) is 17.5 Å². The van der Waals surface area contributed by atoms with E-state index in [0.29, 0.717) is 5.19 Å². The zero-order valence-corrected chi connectivity index (χ0v) is 13.3. The maximum absolute atomic E-state index is 13.4. The quantitative estimate of drug-likeness (QED) is 0.601. The Morgan fingerprint density at radius 2 is 1.47 bits per heavy atom. The van der Waals surface area contributed by atoms with Crippen LogP contribution in [0.2, 0.25) is 12.1 Å². The predicted molar refractivity (Wildman–Crippen MR) is 73.5 cm³/mol. The molecule has 1 unspecified atom stereocenters. The molecule has 0 amide bonds. The molecular weight excluding hydrogens is 269 g/mol. The molecule has 19 heavy (non-hydrogen) atoms. The smallest absolute Gasteiger partial charge is 0.224 e. The van der Waals surface area contributed by atoms with Crippen LogP contribution in [0.3, 0.4) is 0 Å². The minimum Gasteiger partial charge on any atom is -0.408 e. The first-order valence-electron chi connectivity index (χ1n) is 6.32. The summed E-state index contributed by atoms with van der Waals surface area (Å²) in [6, 6.07) is 2.13. The second-order valence-electron chi connectivity index (χ2n) is 6.23. The highest BCUT2D eigenvalue weighted by atomic mass is 28.4. The first-order valence-corrected chi connectivity index (χ1v) is 8.81. The Bertz CT molecular complexity index is 445. The van der Waals surface area contributed by atoms with Gasteiger partial charge in [-0.2, -0.15) is 0 Å². The lowest BCUT2D eigenvalue weighted by atomic mass is 10.2. The standard InChI is InChI=1S/C14H21F3OSi/c1-9(2)19(6,18-14(3,4)5)10-7-11(15)13(17)12(16)8-10/h7-9H,1-6H3. The van der Waals surface area contributed by atoms with Crippen LogP contribution in [0.1, 0.15) is 34.6 Å². The number of hydrogen-bond donors (Lipinski definition) is 0. The Morgan fingerprint density at radius 3 is 1.79 bits per heavy atom. The summed E-state index contributed by atoms with van der Waals surface area (Å²) < 4.78 is 46.0. The summed E-state index contributed by atoms with van der Waals surface area (Å²) in [5.41, 5.74) is -0.317. The molecular formula is C14H21F3OSi. The predicted octanol–water partition coefficient (Wildman–Crippen LogP) is 4.11. The fourth-order valence-corrected chi connectivity index (χ4v) is 5.11. The molecule has 0 aromatic heterocycles. The van der Waals surface area contributed by atoms with E-state index in [1.54, 1.807) is 0 Å². The van der Waals surface area contributed by atoms with Crippen molar-refractivity contribution < 1.29 is 17.6 Å². The maximum Gasteiger partial charge on any atom is 0.224 e. The van der Waals surface area contributed by atoms with Gasteiger partial charge in [0.25, 0.3) is 0 Å². The molecule has 0 bridgehead atoms. The molecule has 0 aliphatic rings. The average Bonchev–Trinajstić information content (AvgIpc) is 2.22. The summed E-state index contributed by atoms with van der Waals surface area (Å²) in [7, 11) is -2.57. The fourth-order valence-electron chi connectivity index (χ4n) is 1.99. The van der Waals surface area contributed by atoms with E-state index in [1.807, 2.05) is 41.2 Å². The molecule has 1 rings (SSSR count). The molecule has 0 fully saturated rings. The highest BCUT2D eigenvalue weighted by Crippen LogP contribution is 2.28. The van der Waals surface area contributed by atoms with Crippen LogP contribution in [0.25, 0.3) is 0 Å². The van der Waals surface area contributed by atoms with Crippen molar-refractivity contribution in [3.63, 3.8) is 0 Å². The lowest BCUT2D eigenvalue weighted by Gasteiger charge is -2.38. The molecule has 0 radical (unpaired) electrons. The third kappa shape index (κ3) is 3.60. The van der Waals surface area contributed by atoms with Crippen LogP contribution in [0.15, 0.2) is 12.1 Å². The van der Waals surface area contributed by atoms with Crippen LogP contribution >= 0.6 is 0 Å². The number of rotatable bonds is 3. The van der Waals surface area contributed by atoms with Gasteiger partial charge < -0.3 is 4.43 Å². The molecule has 1 nitrogen and oxygen atoms in total. The minimum absolute atomic E-state index is 0.107. The molecule has 5 heteroatoms. The van der Waals surface area contributed by atoms with E-state index in [2.05, 4.69) is 0 Å². The summed E-state index contributed by atoms with van der Waals surface area (Å²) in [4.78, 5) is 0. The first-order chi connectivity index (χ1) is 8.47. The molecule has 0 N–H and O–H groups in total. The summed E-state index contributed by atoms with van der Waals surface area (Å²) in [6.07, 6.45) is 0. The zero-order chi connectivity index (χ0) is 15.0. The third-order valence-corrected chi connectivity index (χ3v) is 7.85. The first kappa shape index (κ1) is 16.2. The topological polar surface area (TPSA) is 9.23 Å². The van der Waals surface area contributed by atoms with E-state index in [0.717, 1.165) is 12.1 Å². The summed E-state index contributed by atoms with van der Waals surface area (Å²) in [6.45, 7) is 11.5. The van der Waals surface area contributed by atoms with Gasteiger partial charge in [-0.3, -0.25) is 0 Å². The van der Waals surface area contributed by atoms with Gasteiger partial charge in [-0.05, 0) is 50.2 Å². The average molecular weight is 290 g/mol. The monoisotopic (exact) mass is 290 g/mol. The number of benzene rings is 1. The van der Waals surface area contributed by atoms with E-state index < -0.39 is 31.4 Å². The molecule has 0 spiro atoms. The normalized spacial score (nSPS) is 15.7. The second-order valence-corrected chi connectivity index (χ2v) is 10.4. The Morgan fingerprint density at radius 1 is 1.05 bits per heavy atom. The molecule has 108 valence electrons. The van der Waals surface area contributed by atoms with Gasteiger partial charge in [0.15, 0.2) is 17.5 Å². The zero-order valence-electron chi connectivity index (χ0n) is 12.3. The van der Waals surface area contributed by atoms with Crippen LogP contribution in [0.4, 0.5) is 13.2 Å². The molecule has 0 saturated carbocycles. The van der Waals surface area contributed by atoms with Crippen molar-refractivity contribution in [3.05, 3.63) is 29.6 Å². The number of halogens is 3. The fraction of sp³-hybridized carbons (Fsp3) is 0.571. The minimum atomic E-state index is -2.57. The highest BCUT2D eigenvalue weighted by Gasteiger charge is 2.40. The van der Waals surface area contributed by atoms with Crippen LogP contribution in [0.5, 0.6) is 0 Å². The molecule has 0 heterocycles. The molecule has 0 saturated heterocycles. The van der Waals surface area contributed by atoms with Crippen LogP contribution < -0.4 is 5.19 Å². The highest BCUT2D eigenvalue weighted by molar-refractivity contribution is 6.86. The van der Waals surface area contributed by atoms with E-state index >= 15 is 0 Å². The molecule has 1 atom stereocenters. The molecule has 1 aromatic carbocycles. The molecule has 0 aliphatic carbocycles. The van der Waals surface area contributed by atoms with E-state index in [9.17, 15) is 13.2 Å². The van der Waals surface area contributed by atoms with Crippen LogP contribution in [-0.2, 0) is 4.43 Å². The van der Waals surface area contributed by atoms with Gasteiger partial charge in [-0.15, -0.1) is 0 Å². The third-order valence-electron chi connectivity index (χ3n) is 3.18. The van der Waals surface area contributed by atoms with Crippen molar-refractivity contribution in [1.82, 2.24) is 0 Å². The van der Waals surface area contributed by atoms with Gasteiger partial charge in [-0.1, -0.05) is 13.8 Å². The number of hydrogen-bond acceptors (Lipinski definition) is 1. The molecule has 1 aromatic rings. The summed E-state index contributed by atoms with van der Waals surface area (Å²) in [5.74, 6) is -3.75. The molecule has 0 aliphatic heterocycles. The Balaban J connectivity index is 3.35. The van der Waals surface area contributed by atoms with Crippen LogP contribution in [-0.4, -0.2) is 13.9 Å². The Kier molecular flexibility index (Phi) is 4.52. The largest absolute Gasteiger partial charge is 0.408 e. The van der Waals surface area contributed by atoms with Crippen molar-refractivity contribution >= 4 is 13.5 Å².